The second-order valence-electron chi connectivity index (χ2n) is 4.29. The summed E-state index contributed by atoms with van der Waals surface area (Å²) in [6.07, 6.45) is 1.52. The standard InChI is InChI=1S/C15H14ClN3O3/c1-17-13(20)9-5-6-11(16)12(8-9)19-14(21)10-4-3-7-18-15(10)22-2/h3-8H,1-2H3,(H,17,20)(H,19,21). The van der Waals surface area contributed by atoms with Crippen LogP contribution in [0.25, 0.3) is 0 Å². The van der Waals surface area contributed by atoms with Gasteiger partial charge in [0.25, 0.3) is 11.8 Å². The number of nitrogens with one attached hydrogen (secondary N) is 2. The summed E-state index contributed by atoms with van der Waals surface area (Å²) >= 11 is 6.06. The van der Waals surface area contributed by atoms with Gasteiger partial charge in [-0.3, -0.25) is 9.59 Å². The van der Waals surface area contributed by atoms with Crippen LogP contribution in [0.5, 0.6) is 5.88 Å². The van der Waals surface area contributed by atoms with Crippen molar-refractivity contribution in [2.75, 3.05) is 19.5 Å². The van der Waals surface area contributed by atoms with Crippen molar-refractivity contribution in [3.05, 3.63) is 52.7 Å². The summed E-state index contributed by atoms with van der Waals surface area (Å²) in [5, 5.41) is 5.48. The molecular weight excluding hydrogens is 306 g/mol. The molecular formula is C15H14ClN3O3. The highest BCUT2D eigenvalue weighted by atomic mass is 35.5. The SMILES string of the molecule is CNC(=O)c1ccc(Cl)c(NC(=O)c2cccnc2OC)c1. The van der Waals surface area contributed by atoms with Gasteiger partial charge in [-0.25, -0.2) is 4.98 Å². The van der Waals surface area contributed by atoms with Gasteiger partial charge in [0.1, 0.15) is 5.56 Å². The third-order valence-corrected chi connectivity index (χ3v) is 3.24. The first-order valence-corrected chi connectivity index (χ1v) is 6.76. The van der Waals surface area contributed by atoms with E-state index in [1.807, 2.05) is 0 Å². The van der Waals surface area contributed by atoms with E-state index in [0.29, 0.717) is 16.3 Å². The maximum atomic E-state index is 12.3. The molecule has 0 saturated carbocycles. The molecule has 2 amide bonds. The molecule has 1 aromatic carbocycles. The van der Waals surface area contributed by atoms with Crippen LogP contribution in [0.3, 0.4) is 0 Å². The highest BCUT2D eigenvalue weighted by Gasteiger charge is 2.15. The number of methoxy groups -OCH3 is 1. The number of aromatic nitrogens is 1. The van der Waals surface area contributed by atoms with Gasteiger partial charge in [0, 0.05) is 18.8 Å². The lowest BCUT2D eigenvalue weighted by Gasteiger charge is -2.10. The summed E-state index contributed by atoms with van der Waals surface area (Å²) in [7, 11) is 2.95. The first-order chi connectivity index (χ1) is 10.6. The molecule has 0 aliphatic rings. The molecule has 0 fully saturated rings. The van der Waals surface area contributed by atoms with Crippen molar-refractivity contribution >= 4 is 29.1 Å². The van der Waals surface area contributed by atoms with Crippen molar-refractivity contribution in [3.8, 4) is 5.88 Å². The Bertz CT molecular complexity index is 719. The molecule has 2 rings (SSSR count). The summed E-state index contributed by atoms with van der Waals surface area (Å²) < 4.78 is 5.04. The van der Waals surface area contributed by atoms with Crippen molar-refractivity contribution in [1.82, 2.24) is 10.3 Å². The van der Waals surface area contributed by atoms with Crippen LogP contribution in [0.15, 0.2) is 36.5 Å². The smallest absolute Gasteiger partial charge is 0.261 e. The Balaban J connectivity index is 2.30. The minimum Gasteiger partial charge on any atom is -0.480 e. The molecule has 2 aromatic rings. The summed E-state index contributed by atoms with van der Waals surface area (Å²) in [6.45, 7) is 0. The number of carbonyl (C=O) groups is 2. The lowest BCUT2D eigenvalue weighted by Crippen LogP contribution is -2.19. The molecule has 0 spiro atoms. The number of pyridine rings is 1. The van der Waals surface area contributed by atoms with Gasteiger partial charge >= 0.3 is 0 Å². The predicted molar refractivity (Wildman–Crippen MR) is 83.6 cm³/mol. The Morgan fingerprint density at radius 3 is 2.68 bits per heavy atom. The molecule has 114 valence electrons. The molecule has 0 bridgehead atoms. The lowest BCUT2D eigenvalue weighted by atomic mass is 10.1. The molecule has 0 unspecified atom stereocenters. The van der Waals surface area contributed by atoms with Crippen LogP contribution in [0, 0.1) is 0 Å². The Kier molecular flexibility index (Phi) is 4.95. The Labute approximate surface area is 132 Å². The lowest BCUT2D eigenvalue weighted by molar-refractivity contribution is 0.0961. The van der Waals surface area contributed by atoms with Crippen LogP contribution in [-0.4, -0.2) is 31.0 Å². The predicted octanol–water partition coefficient (Wildman–Crippen LogP) is 2.36. The zero-order chi connectivity index (χ0) is 16.1. The number of halogens is 1. The summed E-state index contributed by atoms with van der Waals surface area (Å²) in [5.41, 5.74) is 0.991. The van der Waals surface area contributed by atoms with E-state index >= 15 is 0 Å². The molecule has 6 nitrogen and oxygen atoms in total. The first kappa shape index (κ1) is 15.8. The molecule has 0 radical (unpaired) electrons. The van der Waals surface area contributed by atoms with Crippen LogP contribution in [-0.2, 0) is 0 Å². The molecule has 1 heterocycles. The van der Waals surface area contributed by atoms with Gasteiger partial charge in [0.15, 0.2) is 0 Å². The van der Waals surface area contributed by atoms with E-state index in [1.165, 1.54) is 26.4 Å². The first-order valence-electron chi connectivity index (χ1n) is 6.38. The minimum atomic E-state index is -0.430. The molecule has 0 atom stereocenters. The monoisotopic (exact) mass is 319 g/mol. The summed E-state index contributed by atoms with van der Waals surface area (Å²) in [5.74, 6) is -0.495. The number of rotatable bonds is 4. The fourth-order valence-corrected chi connectivity index (χ4v) is 1.99. The molecule has 1 aromatic heterocycles. The fourth-order valence-electron chi connectivity index (χ4n) is 1.82. The minimum absolute atomic E-state index is 0.207. The van der Waals surface area contributed by atoms with E-state index in [4.69, 9.17) is 16.3 Å². The van der Waals surface area contributed by atoms with Gasteiger partial charge in [-0.2, -0.15) is 0 Å². The molecule has 7 heteroatoms. The average Bonchev–Trinajstić information content (AvgIpc) is 2.55. The van der Waals surface area contributed by atoms with Crippen LogP contribution in [0.1, 0.15) is 20.7 Å². The topological polar surface area (TPSA) is 80.3 Å². The molecule has 22 heavy (non-hydrogen) atoms. The maximum absolute atomic E-state index is 12.3. The zero-order valence-electron chi connectivity index (χ0n) is 12.0. The Morgan fingerprint density at radius 1 is 1.23 bits per heavy atom. The second kappa shape index (κ2) is 6.91. The van der Waals surface area contributed by atoms with Crippen molar-refractivity contribution in [3.63, 3.8) is 0 Å². The number of hydrogen-bond donors (Lipinski definition) is 2. The molecule has 2 N–H and O–H groups in total. The van der Waals surface area contributed by atoms with Gasteiger partial charge in [0.05, 0.1) is 17.8 Å². The number of ether oxygens (including phenoxy) is 1. The van der Waals surface area contributed by atoms with E-state index in [9.17, 15) is 9.59 Å². The zero-order valence-corrected chi connectivity index (χ0v) is 12.8. The van der Waals surface area contributed by atoms with Gasteiger partial charge in [-0.05, 0) is 30.3 Å². The third kappa shape index (κ3) is 3.35. The van der Waals surface area contributed by atoms with Crippen molar-refractivity contribution in [2.24, 2.45) is 0 Å². The van der Waals surface area contributed by atoms with Crippen molar-refractivity contribution in [1.29, 1.82) is 0 Å². The number of carbonyl (C=O) groups excluding carboxylic acids is 2. The highest BCUT2D eigenvalue weighted by molar-refractivity contribution is 6.34. The summed E-state index contributed by atoms with van der Waals surface area (Å²) in [6, 6.07) is 7.82. The number of amides is 2. The fraction of sp³-hybridized carbons (Fsp3) is 0.133. The largest absolute Gasteiger partial charge is 0.480 e. The number of anilines is 1. The van der Waals surface area contributed by atoms with Crippen molar-refractivity contribution in [2.45, 2.75) is 0 Å². The normalized spacial score (nSPS) is 9.95. The summed E-state index contributed by atoms with van der Waals surface area (Å²) in [4.78, 5) is 27.9. The van der Waals surface area contributed by atoms with Crippen LogP contribution in [0.4, 0.5) is 5.69 Å². The Morgan fingerprint density at radius 2 is 2.00 bits per heavy atom. The van der Waals surface area contributed by atoms with E-state index in [-0.39, 0.29) is 17.4 Å². The van der Waals surface area contributed by atoms with E-state index < -0.39 is 5.91 Å². The van der Waals surface area contributed by atoms with Crippen LogP contribution < -0.4 is 15.4 Å². The van der Waals surface area contributed by atoms with Gasteiger partial charge in [0.2, 0.25) is 5.88 Å². The highest BCUT2D eigenvalue weighted by Crippen LogP contribution is 2.25. The van der Waals surface area contributed by atoms with Crippen molar-refractivity contribution < 1.29 is 14.3 Å². The second-order valence-corrected chi connectivity index (χ2v) is 4.70. The van der Waals surface area contributed by atoms with E-state index in [1.54, 1.807) is 24.3 Å². The number of benzene rings is 1. The molecule has 0 aliphatic carbocycles. The molecule has 0 aliphatic heterocycles. The number of hydrogen-bond acceptors (Lipinski definition) is 4. The average molecular weight is 320 g/mol. The molecule has 0 saturated heterocycles. The van der Waals surface area contributed by atoms with Gasteiger partial charge in [-0.1, -0.05) is 11.6 Å². The van der Waals surface area contributed by atoms with Gasteiger partial charge < -0.3 is 15.4 Å². The Hall–Kier alpha value is -2.60. The maximum Gasteiger partial charge on any atom is 0.261 e. The van der Waals surface area contributed by atoms with E-state index in [2.05, 4.69) is 15.6 Å². The third-order valence-electron chi connectivity index (χ3n) is 2.91. The number of nitrogens with zero attached hydrogens (tertiary/aromatic N) is 1. The quantitative estimate of drug-likeness (QED) is 0.906. The van der Waals surface area contributed by atoms with Crippen LogP contribution >= 0.6 is 11.6 Å². The van der Waals surface area contributed by atoms with E-state index in [0.717, 1.165) is 0 Å². The van der Waals surface area contributed by atoms with Crippen LogP contribution in [0.2, 0.25) is 5.02 Å². The van der Waals surface area contributed by atoms with Gasteiger partial charge in [-0.15, -0.1) is 0 Å².